The van der Waals surface area contributed by atoms with Gasteiger partial charge in [-0.2, -0.15) is 0 Å². The predicted octanol–water partition coefficient (Wildman–Crippen LogP) is 1.93. The first-order valence-electron chi connectivity index (χ1n) is 7.97. The van der Waals surface area contributed by atoms with Crippen LogP contribution in [-0.4, -0.2) is 54.0 Å². The Hall–Kier alpha value is -1.15. The van der Waals surface area contributed by atoms with Crippen molar-refractivity contribution < 1.29 is 14.4 Å². The van der Waals surface area contributed by atoms with Gasteiger partial charge in [-0.25, -0.2) is 0 Å². The van der Waals surface area contributed by atoms with Crippen molar-refractivity contribution >= 4 is 52.6 Å². The standard InChI is InChI=1S/C18H20N2O2PSe2/c1-2-17(21)22-20(14-13-15-9-5-3-6-10-15)18(19)23(24,25)16-11-7-4-8-12-16/h3-12,19H,2,13-14H2,1H3/p+1. The van der Waals surface area contributed by atoms with E-state index in [1.54, 1.807) is 6.92 Å². The van der Waals surface area contributed by atoms with Crippen LogP contribution in [-0.2, 0) is 16.1 Å². The molecule has 0 aliphatic rings. The molecule has 0 unspecified atom stereocenters. The topological polar surface area (TPSA) is 55.3 Å². The Balaban J connectivity index is 2.31. The molecule has 0 saturated carbocycles. The van der Waals surface area contributed by atoms with Crippen LogP contribution in [0.15, 0.2) is 60.7 Å². The number of nitrogens with two attached hydrogens (primary N) is 1. The summed E-state index contributed by atoms with van der Waals surface area (Å²) in [5.41, 5.74) is 8.14. The van der Waals surface area contributed by atoms with Gasteiger partial charge < -0.3 is 0 Å². The molecule has 131 valence electrons. The van der Waals surface area contributed by atoms with Crippen molar-refractivity contribution in [3.8, 4) is 0 Å². The van der Waals surface area contributed by atoms with Gasteiger partial charge in [-0.15, -0.1) is 0 Å². The molecule has 0 aromatic heterocycles. The Morgan fingerprint density at radius 3 is 2.28 bits per heavy atom. The monoisotopic (exact) mass is 488 g/mol. The van der Waals surface area contributed by atoms with E-state index in [-0.39, 0.29) is 5.97 Å². The molecule has 2 rings (SSSR count). The van der Waals surface area contributed by atoms with Crippen LogP contribution >= 0.6 is 4.64 Å². The van der Waals surface area contributed by atoms with Crippen molar-refractivity contribution in [3.63, 3.8) is 0 Å². The number of benzene rings is 2. The van der Waals surface area contributed by atoms with Gasteiger partial charge in [0.1, 0.15) is 0 Å². The summed E-state index contributed by atoms with van der Waals surface area (Å²) in [6.07, 6.45) is 1.03. The van der Waals surface area contributed by atoms with Gasteiger partial charge in [0, 0.05) is 0 Å². The molecule has 4 nitrogen and oxygen atoms in total. The van der Waals surface area contributed by atoms with E-state index < -0.39 is 4.64 Å². The minimum absolute atomic E-state index is 0.298. The number of carbonyl (C=O) groups excluding carboxylic acids is 1. The number of hydrogen-bond acceptors (Lipinski definition) is 2. The number of amidine groups is 1. The SMILES string of the molecule is CCC(=O)O[N+](CCc1ccccc1)=C(N)[P+]([Se])([Se-])c1ccccc1. The normalized spacial score (nSPS) is 14.4. The molecule has 0 aliphatic heterocycles. The van der Waals surface area contributed by atoms with Gasteiger partial charge in [0.05, 0.1) is 0 Å². The van der Waals surface area contributed by atoms with Crippen molar-refractivity contribution in [2.75, 3.05) is 6.54 Å². The molecule has 7 heteroatoms. The van der Waals surface area contributed by atoms with E-state index in [4.69, 9.17) is 10.6 Å². The van der Waals surface area contributed by atoms with Crippen LogP contribution in [0.4, 0.5) is 0 Å². The van der Waals surface area contributed by atoms with E-state index in [1.807, 2.05) is 60.7 Å². The molecular weight excluding hydrogens is 465 g/mol. The number of carbonyl (C=O) groups is 1. The van der Waals surface area contributed by atoms with E-state index in [1.165, 1.54) is 4.74 Å². The number of hydroxylamine groups is 1. The number of rotatable bonds is 7. The minimum atomic E-state index is -2.04. The number of hydrogen-bond donors (Lipinski definition) is 1. The third kappa shape index (κ3) is 5.67. The molecule has 0 spiro atoms. The summed E-state index contributed by atoms with van der Waals surface area (Å²) in [5.74, 6) is -0.302. The van der Waals surface area contributed by atoms with E-state index in [2.05, 4.69) is 31.1 Å². The molecule has 2 aromatic rings. The second kappa shape index (κ2) is 9.52. The van der Waals surface area contributed by atoms with Crippen molar-refractivity contribution in [1.29, 1.82) is 0 Å². The van der Waals surface area contributed by atoms with Crippen molar-refractivity contribution in [2.24, 2.45) is 5.73 Å². The molecule has 0 fully saturated rings. The van der Waals surface area contributed by atoms with E-state index in [0.29, 0.717) is 18.5 Å². The third-order valence-electron chi connectivity index (χ3n) is 3.60. The molecule has 0 aliphatic carbocycles. The molecule has 0 saturated heterocycles. The number of nitrogens with zero attached hydrogens (tertiary/aromatic N) is 1. The second-order valence-electron chi connectivity index (χ2n) is 5.40. The van der Waals surface area contributed by atoms with Crippen LogP contribution in [0.2, 0.25) is 0 Å². The predicted molar refractivity (Wildman–Crippen MR) is 105 cm³/mol. The van der Waals surface area contributed by atoms with Gasteiger partial charge >= 0.3 is 165 Å². The van der Waals surface area contributed by atoms with Gasteiger partial charge in [0.2, 0.25) is 0 Å². The van der Waals surface area contributed by atoms with Crippen molar-refractivity contribution in [3.05, 3.63) is 66.2 Å². The molecule has 2 N–H and O–H groups in total. The summed E-state index contributed by atoms with van der Waals surface area (Å²) < 4.78 is -0.503. The first-order chi connectivity index (χ1) is 11.9. The molecule has 1 radical (unpaired) electrons. The zero-order valence-electron chi connectivity index (χ0n) is 14.0. The zero-order chi connectivity index (χ0) is 18.3. The maximum absolute atomic E-state index is 11.9. The molecule has 0 heterocycles. The molecular formula is C18H21N2O2PSe2+. The summed E-state index contributed by atoms with van der Waals surface area (Å²) in [5, 5.41) is 1.07. The quantitative estimate of drug-likeness (QED) is 0.124. The molecule has 2 aromatic carbocycles. The van der Waals surface area contributed by atoms with E-state index >= 15 is 0 Å². The Bertz CT molecular complexity index is 737. The van der Waals surface area contributed by atoms with Crippen molar-refractivity contribution in [1.82, 2.24) is 0 Å². The first-order valence-corrected chi connectivity index (χ1v) is 14.2. The average Bonchev–Trinajstić information content (AvgIpc) is 2.65. The Morgan fingerprint density at radius 2 is 1.72 bits per heavy atom. The van der Waals surface area contributed by atoms with Crippen LogP contribution in [0.1, 0.15) is 18.9 Å². The van der Waals surface area contributed by atoms with Gasteiger partial charge in [0.25, 0.3) is 0 Å². The second-order valence-corrected chi connectivity index (χ2v) is 17.9. The summed E-state index contributed by atoms with van der Waals surface area (Å²) in [4.78, 5) is 17.4. The Morgan fingerprint density at radius 1 is 1.16 bits per heavy atom. The van der Waals surface area contributed by atoms with Gasteiger partial charge in [-0.05, 0) is 0 Å². The summed E-state index contributed by atoms with van der Waals surface area (Å²) in [6.45, 7) is 2.27. The average molecular weight is 486 g/mol. The fourth-order valence-corrected chi connectivity index (χ4v) is 6.12. The van der Waals surface area contributed by atoms with Crippen LogP contribution in [0.3, 0.4) is 0 Å². The van der Waals surface area contributed by atoms with Crippen LogP contribution < -0.4 is 11.0 Å². The maximum atomic E-state index is 11.9. The Labute approximate surface area is 165 Å². The van der Waals surface area contributed by atoms with Gasteiger partial charge in [0.15, 0.2) is 0 Å². The van der Waals surface area contributed by atoms with Gasteiger partial charge in [-0.3, -0.25) is 0 Å². The molecule has 0 amide bonds. The molecule has 25 heavy (non-hydrogen) atoms. The van der Waals surface area contributed by atoms with Crippen LogP contribution in [0.5, 0.6) is 0 Å². The molecule has 0 bridgehead atoms. The fraction of sp³-hybridized carbons (Fsp3) is 0.222. The van der Waals surface area contributed by atoms with Crippen LogP contribution in [0.25, 0.3) is 0 Å². The molecule has 0 atom stereocenters. The summed E-state index contributed by atoms with van der Waals surface area (Å²) in [7, 11) is 0. The van der Waals surface area contributed by atoms with Crippen LogP contribution in [0, 0.1) is 0 Å². The Kier molecular flexibility index (Phi) is 7.68. The summed E-state index contributed by atoms with van der Waals surface area (Å²) in [6, 6.07) is 20.0. The van der Waals surface area contributed by atoms with E-state index in [0.717, 1.165) is 17.3 Å². The zero-order valence-corrected chi connectivity index (χ0v) is 18.3. The van der Waals surface area contributed by atoms with Crippen molar-refractivity contribution in [2.45, 2.75) is 19.8 Å². The van der Waals surface area contributed by atoms with E-state index in [9.17, 15) is 4.79 Å². The third-order valence-corrected chi connectivity index (χ3v) is 10.4. The summed E-state index contributed by atoms with van der Waals surface area (Å²) >= 11 is 6.40. The fourth-order valence-electron chi connectivity index (χ4n) is 2.17. The first kappa shape index (κ1) is 20.2. The van der Waals surface area contributed by atoms with Gasteiger partial charge in [-0.1, -0.05) is 0 Å².